The fourth-order valence-electron chi connectivity index (χ4n) is 1.36. The maximum atomic E-state index is 12.0. The van der Waals surface area contributed by atoms with Gasteiger partial charge in [-0.05, 0) is 18.0 Å². The summed E-state index contributed by atoms with van der Waals surface area (Å²) in [7, 11) is 0. The van der Waals surface area contributed by atoms with Crippen molar-refractivity contribution >= 4 is 29.2 Å². The molecule has 9 heteroatoms. The van der Waals surface area contributed by atoms with Crippen LogP contribution in [0.15, 0.2) is 12.4 Å². The number of aryl methyl sites for hydroxylation is 1. The van der Waals surface area contributed by atoms with Crippen LogP contribution in [0.4, 0.5) is 5.82 Å². The molecule has 0 unspecified atom stereocenters. The van der Waals surface area contributed by atoms with Crippen molar-refractivity contribution in [3.8, 4) is 0 Å². The first-order valence-corrected chi connectivity index (χ1v) is 6.07. The molecule has 0 atom stereocenters. The minimum absolute atomic E-state index is 0.101. The van der Waals surface area contributed by atoms with Gasteiger partial charge in [0, 0.05) is 12.4 Å². The molecule has 0 aromatic carbocycles. The number of amides is 1. The Morgan fingerprint density at radius 3 is 2.79 bits per heavy atom. The summed E-state index contributed by atoms with van der Waals surface area (Å²) in [6.07, 6.45) is 3.10. The van der Waals surface area contributed by atoms with E-state index in [0.717, 1.165) is 11.5 Å². The van der Waals surface area contributed by atoms with Crippen LogP contribution in [0.1, 0.15) is 32.8 Å². The third-order valence-corrected chi connectivity index (χ3v) is 3.00. The zero-order chi connectivity index (χ0) is 13.8. The lowest BCUT2D eigenvalue weighted by molar-refractivity contribution is 0.0691. The Morgan fingerprint density at radius 2 is 2.11 bits per heavy atom. The van der Waals surface area contributed by atoms with Gasteiger partial charge in [-0.1, -0.05) is 11.4 Å². The van der Waals surface area contributed by atoms with E-state index in [9.17, 15) is 9.59 Å². The Bertz CT molecular complexity index is 627. The number of nitrogens with zero attached hydrogens (tertiary/aromatic N) is 4. The average Bonchev–Trinajstić information content (AvgIpc) is 2.87. The van der Waals surface area contributed by atoms with Gasteiger partial charge in [0.15, 0.2) is 11.5 Å². The van der Waals surface area contributed by atoms with Crippen molar-refractivity contribution in [2.24, 2.45) is 0 Å². The lowest BCUT2D eigenvalue weighted by atomic mass is 10.3. The number of hydrogen-bond donors (Lipinski definition) is 2. The average molecular weight is 279 g/mol. The summed E-state index contributed by atoms with van der Waals surface area (Å²) in [4.78, 5) is 30.7. The molecule has 0 fully saturated rings. The van der Waals surface area contributed by atoms with Gasteiger partial charge in [-0.25, -0.2) is 14.8 Å². The van der Waals surface area contributed by atoms with Crippen LogP contribution in [0.3, 0.4) is 0 Å². The van der Waals surface area contributed by atoms with Crippen LogP contribution in [0.5, 0.6) is 0 Å². The first kappa shape index (κ1) is 13.0. The predicted octanol–water partition coefficient (Wildman–Crippen LogP) is 0.841. The minimum atomic E-state index is -1.26. The number of aromatic nitrogens is 4. The van der Waals surface area contributed by atoms with Crippen LogP contribution in [0, 0.1) is 0 Å². The second-order valence-electron chi connectivity index (χ2n) is 3.42. The predicted molar refractivity (Wildman–Crippen MR) is 66.2 cm³/mol. The van der Waals surface area contributed by atoms with Gasteiger partial charge in [-0.15, -0.1) is 5.10 Å². The van der Waals surface area contributed by atoms with Crippen molar-refractivity contribution < 1.29 is 14.7 Å². The van der Waals surface area contributed by atoms with Gasteiger partial charge in [0.25, 0.3) is 5.91 Å². The number of nitrogens with one attached hydrogen (secondary N) is 1. The molecule has 19 heavy (non-hydrogen) atoms. The molecule has 0 aliphatic heterocycles. The maximum absolute atomic E-state index is 12.0. The lowest BCUT2D eigenvalue weighted by Gasteiger charge is -2.05. The number of carbonyl (C=O) groups is 2. The molecule has 2 heterocycles. The van der Waals surface area contributed by atoms with Gasteiger partial charge in [-0.2, -0.15) is 0 Å². The van der Waals surface area contributed by atoms with Crippen LogP contribution in [-0.2, 0) is 6.42 Å². The number of hydrogen-bond acceptors (Lipinski definition) is 7. The van der Waals surface area contributed by atoms with Crippen molar-refractivity contribution in [2.75, 3.05) is 5.32 Å². The molecular formula is C10H9N5O3S. The van der Waals surface area contributed by atoms with Gasteiger partial charge in [0.05, 0.1) is 5.69 Å². The van der Waals surface area contributed by atoms with Gasteiger partial charge >= 0.3 is 5.97 Å². The van der Waals surface area contributed by atoms with Crippen molar-refractivity contribution in [3.63, 3.8) is 0 Å². The SMILES string of the molecule is CCc1nnsc1C(=O)Nc1nccnc1C(=O)O. The standard InChI is InChI=1S/C10H9N5O3S/c1-2-5-7(19-15-14-5)9(16)13-8-6(10(17)18)11-3-4-12-8/h3-4H,2H2,1H3,(H,17,18)(H,12,13,16). The smallest absolute Gasteiger partial charge is 0.358 e. The van der Waals surface area contributed by atoms with Gasteiger partial charge in [-0.3, -0.25) is 4.79 Å². The third kappa shape index (κ3) is 2.71. The maximum Gasteiger partial charge on any atom is 0.358 e. The first-order valence-electron chi connectivity index (χ1n) is 5.30. The number of aromatic carboxylic acids is 1. The molecule has 0 radical (unpaired) electrons. The van der Waals surface area contributed by atoms with E-state index in [0.29, 0.717) is 17.0 Å². The molecule has 98 valence electrons. The van der Waals surface area contributed by atoms with Gasteiger partial charge in [0.2, 0.25) is 0 Å². The topological polar surface area (TPSA) is 118 Å². The van der Waals surface area contributed by atoms with E-state index in [1.807, 2.05) is 6.92 Å². The van der Waals surface area contributed by atoms with Crippen LogP contribution < -0.4 is 5.32 Å². The second-order valence-corrected chi connectivity index (χ2v) is 4.17. The van der Waals surface area contributed by atoms with Crippen LogP contribution in [-0.4, -0.2) is 36.5 Å². The molecule has 2 aromatic rings. The van der Waals surface area contributed by atoms with Gasteiger partial charge < -0.3 is 10.4 Å². The van der Waals surface area contributed by atoms with Crippen LogP contribution >= 0.6 is 11.5 Å². The number of carboxylic acids is 1. The zero-order valence-corrected chi connectivity index (χ0v) is 10.6. The molecule has 0 spiro atoms. The summed E-state index contributed by atoms with van der Waals surface area (Å²) in [5.41, 5.74) is 0.245. The number of rotatable bonds is 4. The van der Waals surface area contributed by atoms with Crippen LogP contribution in [0.25, 0.3) is 0 Å². The summed E-state index contributed by atoms with van der Waals surface area (Å²) in [5.74, 6) is -1.85. The summed E-state index contributed by atoms with van der Waals surface area (Å²) >= 11 is 0.947. The fraction of sp³-hybridized carbons (Fsp3) is 0.200. The number of carbonyl (C=O) groups excluding carboxylic acids is 1. The molecule has 1 amide bonds. The quantitative estimate of drug-likeness (QED) is 0.851. The summed E-state index contributed by atoms with van der Waals surface area (Å²) < 4.78 is 3.69. The van der Waals surface area contributed by atoms with Crippen molar-refractivity contribution in [1.29, 1.82) is 0 Å². The molecular weight excluding hydrogens is 270 g/mol. The molecule has 0 saturated carbocycles. The summed E-state index contributed by atoms with van der Waals surface area (Å²) in [5, 5.41) is 15.2. The highest BCUT2D eigenvalue weighted by atomic mass is 32.1. The molecule has 2 N–H and O–H groups in total. The van der Waals surface area contributed by atoms with E-state index >= 15 is 0 Å². The number of carboxylic acid groups (broad SMARTS) is 1. The van der Waals surface area contributed by atoms with E-state index in [-0.39, 0.29) is 11.5 Å². The Balaban J connectivity index is 2.27. The molecule has 0 aliphatic rings. The Hall–Kier alpha value is -2.42. The zero-order valence-electron chi connectivity index (χ0n) is 9.82. The Morgan fingerprint density at radius 1 is 1.37 bits per heavy atom. The highest BCUT2D eigenvalue weighted by molar-refractivity contribution is 7.08. The van der Waals surface area contributed by atoms with Crippen molar-refractivity contribution in [3.05, 3.63) is 28.7 Å². The van der Waals surface area contributed by atoms with E-state index < -0.39 is 11.9 Å². The largest absolute Gasteiger partial charge is 0.476 e. The molecule has 0 aliphatic carbocycles. The van der Waals surface area contributed by atoms with E-state index in [1.165, 1.54) is 12.4 Å². The molecule has 0 saturated heterocycles. The molecule has 2 rings (SSSR count). The summed E-state index contributed by atoms with van der Waals surface area (Å²) in [6, 6.07) is 0. The van der Waals surface area contributed by atoms with E-state index in [1.54, 1.807) is 0 Å². The summed E-state index contributed by atoms with van der Waals surface area (Å²) in [6.45, 7) is 1.85. The monoisotopic (exact) mass is 279 g/mol. The minimum Gasteiger partial charge on any atom is -0.476 e. The molecule has 8 nitrogen and oxygen atoms in total. The van der Waals surface area contributed by atoms with Crippen molar-refractivity contribution in [2.45, 2.75) is 13.3 Å². The van der Waals surface area contributed by atoms with Crippen LogP contribution in [0.2, 0.25) is 0 Å². The second kappa shape index (κ2) is 5.48. The van der Waals surface area contributed by atoms with E-state index in [2.05, 4.69) is 24.9 Å². The van der Waals surface area contributed by atoms with Gasteiger partial charge in [0.1, 0.15) is 4.88 Å². The highest BCUT2D eigenvalue weighted by Crippen LogP contribution is 2.15. The lowest BCUT2D eigenvalue weighted by Crippen LogP contribution is -2.17. The first-order chi connectivity index (χ1) is 9.13. The molecule has 0 bridgehead atoms. The Kier molecular flexibility index (Phi) is 3.76. The fourth-order valence-corrected chi connectivity index (χ4v) is 2.01. The highest BCUT2D eigenvalue weighted by Gasteiger charge is 2.19. The Labute approximate surface area is 111 Å². The normalized spacial score (nSPS) is 10.2. The molecule has 2 aromatic heterocycles. The van der Waals surface area contributed by atoms with Crippen molar-refractivity contribution in [1.82, 2.24) is 19.6 Å². The third-order valence-electron chi connectivity index (χ3n) is 2.23. The number of anilines is 1. The van der Waals surface area contributed by atoms with E-state index in [4.69, 9.17) is 5.11 Å².